The quantitative estimate of drug-likeness (QED) is 0.629. The number of hydrogen-bond acceptors (Lipinski definition) is 7. The van der Waals surface area contributed by atoms with E-state index >= 15 is 0 Å². The van der Waals surface area contributed by atoms with Crippen LogP contribution >= 0.6 is 0 Å². The van der Waals surface area contributed by atoms with E-state index in [1.807, 2.05) is 0 Å². The highest BCUT2D eigenvalue weighted by molar-refractivity contribution is 5.94. The predicted molar refractivity (Wildman–Crippen MR) is 83.0 cm³/mol. The highest BCUT2D eigenvalue weighted by Crippen LogP contribution is 2.37. The summed E-state index contributed by atoms with van der Waals surface area (Å²) in [5, 5.41) is 17.4. The van der Waals surface area contributed by atoms with Crippen LogP contribution in [0.15, 0.2) is 28.8 Å². The van der Waals surface area contributed by atoms with E-state index in [1.54, 1.807) is 6.92 Å². The van der Waals surface area contributed by atoms with Crippen LogP contribution in [0.3, 0.4) is 0 Å². The number of nitrogens with zero attached hydrogens (tertiary/aromatic N) is 3. The molecule has 9 nitrogen and oxygen atoms in total. The zero-order chi connectivity index (χ0) is 17.3. The van der Waals surface area contributed by atoms with Gasteiger partial charge in [-0.2, -0.15) is 4.98 Å². The Morgan fingerprint density at radius 2 is 2.25 bits per heavy atom. The third-order valence-corrected chi connectivity index (χ3v) is 4.17. The fraction of sp³-hybridized carbons (Fsp3) is 0.400. The van der Waals surface area contributed by atoms with E-state index in [-0.39, 0.29) is 17.1 Å². The van der Waals surface area contributed by atoms with Crippen molar-refractivity contribution in [2.75, 3.05) is 0 Å². The van der Waals surface area contributed by atoms with Crippen molar-refractivity contribution in [3.8, 4) is 0 Å². The van der Waals surface area contributed by atoms with Crippen molar-refractivity contribution in [1.29, 1.82) is 0 Å². The van der Waals surface area contributed by atoms with E-state index in [9.17, 15) is 14.9 Å². The highest BCUT2D eigenvalue weighted by Gasteiger charge is 2.39. The second-order valence-electron chi connectivity index (χ2n) is 5.97. The first-order valence-corrected chi connectivity index (χ1v) is 7.57. The van der Waals surface area contributed by atoms with Crippen molar-refractivity contribution >= 4 is 11.6 Å². The number of hydrogen-bond donors (Lipinski definition) is 2. The molecule has 9 heteroatoms. The molecular formula is C15H17N5O4. The number of aromatic nitrogens is 2. The lowest BCUT2D eigenvalue weighted by molar-refractivity contribution is -0.384. The molecule has 1 amide bonds. The van der Waals surface area contributed by atoms with Crippen LogP contribution in [-0.2, 0) is 5.54 Å². The molecule has 1 aromatic heterocycles. The SMILES string of the molecule is CC(NC(=O)c1cccc([N+](=O)[O-])c1)c1nc(C2(N)CCC2)no1. The molecule has 0 radical (unpaired) electrons. The molecule has 126 valence electrons. The van der Waals surface area contributed by atoms with Crippen molar-refractivity contribution in [3.05, 3.63) is 51.7 Å². The van der Waals surface area contributed by atoms with Gasteiger partial charge in [0.1, 0.15) is 6.04 Å². The zero-order valence-corrected chi connectivity index (χ0v) is 13.1. The Bertz CT molecular complexity index is 784. The Labute approximate surface area is 137 Å². The molecular weight excluding hydrogens is 314 g/mol. The van der Waals surface area contributed by atoms with Gasteiger partial charge in [0, 0.05) is 17.7 Å². The smallest absolute Gasteiger partial charge is 0.270 e. The van der Waals surface area contributed by atoms with Crippen LogP contribution in [0.4, 0.5) is 5.69 Å². The Balaban J connectivity index is 1.70. The van der Waals surface area contributed by atoms with Gasteiger partial charge in [0.05, 0.1) is 10.5 Å². The molecule has 1 fully saturated rings. The van der Waals surface area contributed by atoms with Crippen molar-refractivity contribution in [1.82, 2.24) is 15.5 Å². The maximum atomic E-state index is 12.2. The van der Waals surface area contributed by atoms with Gasteiger partial charge in [0.15, 0.2) is 5.82 Å². The molecule has 3 N–H and O–H groups in total. The zero-order valence-electron chi connectivity index (χ0n) is 13.1. The largest absolute Gasteiger partial charge is 0.341 e. The van der Waals surface area contributed by atoms with Gasteiger partial charge in [-0.15, -0.1) is 0 Å². The second-order valence-corrected chi connectivity index (χ2v) is 5.97. The van der Waals surface area contributed by atoms with Crippen LogP contribution in [-0.4, -0.2) is 21.0 Å². The number of nitro groups is 1. The Hall–Kier alpha value is -2.81. The molecule has 24 heavy (non-hydrogen) atoms. The average molecular weight is 331 g/mol. The maximum Gasteiger partial charge on any atom is 0.270 e. The van der Waals surface area contributed by atoms with E-state index in [0.717, 1.165) is 19.3 Å². The highest BCUT2D eigenvalue weighted by atomic mass is 16.6. The van der Waals surface area contributed by atoms with E-state index in [0.29, 0.717) is 5.82 Å². The lowest BCUT2D eigenvalue weighted by Gasteiger charge is -2.34. The Morgan fingerprint density at radius 1 is 1.50 bits per heavy atom. The lowest BCUT2D eigenvalue weighted by atomic mass is 9.77. The van der Waals surface area contributed by atoms with Crippen LogP contribution in [0.25, 0.3) is 0 Å². The van der Waals surface area contributed by atoms with Crippen LogP contribution in [0.1, 0.15) is 54.3 Å². The molecule has 1 aliphatic rings. The Morgan fingerprint density at radius 3 is 2.88 bits per heavy atom. The second kappa shape index (κ2) is 6.00. The number of non-ortho nitro benzene ring substituents is 1. The molecule has 1 aliphatic carbocycles. The first-order chi connectivity index (χ1) is 11.4. The van der Waals surface area contributed by atoms with Crippen molar-refractivity contribution in [2.45, 2.75) is 37.8 Å². The van der Waals surface area contributed by atoms with Gasteiger partial charge in [0.25, 0.3) is 11.6 Å². The summed E-state index contributed by atoms with van der Waals surface area (Å²) in [5.41, 5.74) is 5.64. The average Bonchev–Trinajstić information content (AvgIpc) is 3.03. The molecule has 0 saturated heterocycles. The number of amides is 1. The fourth-order valence-electron chi connectivity index (χ4n) is 2.50. The topological polar surface area (TPSA) is 137 Å². The number of nitrogens with one attached hydrogen (secondary N) is 1. The third-order valence-electron chi connectivity index (χ3n) is 4.17. The summed E-state index contributed by atoms with van der Waals surface area (Å²) in [6, 6.07) is 4.95. The first-order valence-electron chi connectivity index (χ1n) is 7.57. The van der Waals surface area contributed by atoms with Crippen LogP contribution < -0.4 is 11.1 Å². The Kier molecular flexibility index (Phi) is 4.02. The number of benzene rings is 1. The normalized spacial score (nSPS) is 16.9. The molecule has 0 spiro atoms. The minimum atomic E-state index is -0.552. The fourth-order valence-corrected chi connectivity index (χ4v) is 2.50. The van der Waals surface area contributed by atoms with E-state index < -0.39 is 22.4 Å². The van der Waals surface area contributed by atoms with Crippen molar-refractivity contribution in [2.24, 2.45) is 5.73 Å². The first kappa shape index (κ1) is 16.1. The van der Waals surface area contributed by atoms with Gasteiger partial charge in [0.2, 0.25) is 5.89 Å². The van der Waals surface area contributed by atoms with Crippen molar-refractivity contribution < 1.29 is 14.2 Å². The van der Waals surface area contributed by atoms with Crippen LogP contribution in [0.2, 0.25) is 0 Å². The maximum absolute atomic E-state index is 12.2. The molecule has 1 saturated carbocycles. The van der Waals surface area contributed by atoms with Crippen LogP contribution in [0, 0.1) is 10.1 Å². The predicted octanol–water partition coefficient (Wildman–Crippen LogP) is 1.81. The lowest BCUT2D eigenvalue weighted by Crippen LogP contribution is -2.44. The summed E-state index contributed by atoms with van der Waals surface area (Å²) in [4.78, 5) is 26.7. The standard InChI is InChI=1S/C15H17N5O4/c1-9(13-18-14(19-24-13)15(16)6-3-7-15)17-12(21)10-4-2-5-11(8-10)20(22)23/h2,4-5,8-9H,3,6-7,16H2,1H3,(H,17,21). The van der Waals surface area contributed by atoms with Gasteiger partial charge in [-0.3, -0.25) is 14.9 Å². The molecule has 1 aromatic carbocycles. The number of nitrogens with two attached hydrogens (primary N) is 1. The molecule has 2 aromatic rings. The molecule has 3 rings (SSSR count). The van der Waals surface area contributed by atoms with Gasteiger partial charge in [-0.25, -0.2) is 0 Å². The van der Waals surface area contributed by atoms with Crippen molar-refractivity contribution in [3.63, 3.8) is 0 Å². The summed E-state index contributed by atoms with van der Waals surface area (Å²) < 4.78 is 5.18. The number of carbonyl (C=O) groups excluding carboxylic acids is 1. The number of nitro benzene ring substituents is 1. The summed E-state index contributed by atoms with van der Waals surface area (Å²) in [5.74, 6) is 0.234. The van der Waals surface area contributed by atoms with Gasteiger partial charge in [-0.05, 0) is 32.3 Å². The van der Waals surface area contributed by atoms with E-state index in [2.05, 4.69) is 15.5 Å². The molecule has 1 unspecified atom stereocenters. The summed E-state index contributed by atoms with van der Waals surface area (Å²) >= 11 is 0. The minimum absolute atomic E-state index is 0.148. The molecule has 0 aliphatic heterocycles. The van der Waals surface area contributed by atoms with Crippen LogP contribution in [0.5, 0.6) is 0 Å². The summed E-state index contributed by atoms with van der Waals surface area (Å²) in [6.45, 7) is 1.69. The third kappa shape index (κ3) is 2.98. The monoisotopic (exact) mass is 331 g/mol. The molecule has 1 heterocycles. The molecule has 1 atom stereocenters. The molecule has 0 bridgehead atoms. The van der Waals surface area contributed by atoms with Gasteiger partial charge in [-0.1, -0.05) is 11.2 Å². The van der Waals surface area contributed by atoms with Gasteiger partial charge >= 0.3 is 0 Å². The van der Waals surface area contributed by atoms with E-state index in [4.69, 9.17) is 10.3 Å². The van der Waals surface area contributed by atoms with Gasteiger partial charge < -0.3 is 15.6 Å². The summed E-state index contributed by atoms with van der Waals surface area (Å²) in [7, 11) is 0. The van der Waals surface area contributed by atoms with E-state index in [1.165, 1.54) is 24.3 Å². The summed E-state index contributed by atoms with van der Waals surface area (Å²) in [6.07, 6.45) is 2.64. The number of carbonyl (C=O) groups is 1. The number of rotatable bonds is 5. The minimum Gasteiger partial charge on any atom is -0.341 e.